The first kappa shape index (κ1) is 30.2. The Bertz CT molecular complexity index is 3180. The van der Waals surface area contributed by atoms with Crippen LogP contribution in [0.25, 0.3) is 106 Å². The Morgan fingerprint density at radius 1 is 0.426 bits per heavy atom. The molecule has 0 unspecified atom stereocenters. The standard InChI is InChI=1S/C48H29N5O/c1-2-13-31(14-3-1)46-50-47(33-23-22-30-12-4-5-15-32(30)26-33)52-48(51-46)35-27-34(37-24-25-49-44-40-18-8-11-21-43(40)54-45(37)44)28-36(29-35)53-41-19-9-6-16-38(41)39-17-7-10-20-42(39)53/h1-29H. The van der Waals surface area contributed by atoms with E-state index in [1.54, 1.807) is 0 Å². The van der Waals surface area contributed by atoms with Crippen LogP contribution in [0.1, 0.15) is 0 Å². The second-order valence-corrected chi connectivity index (χ2v) is 13.5. The van der Waals surface area contributed by atoms with Crippen molar-refractivity contribution in [1.82, 2.24) is 24.5 Å². The summed E-state index contributed by atoms with van der Waals surface area (Å²) in [6.07, 6.45) is 1.86. The molecule has 0 atom stereocenters. The van der Waals surface area contributed by atoms with E-state index in [9.17, 15) is 0 Å². The third kappa shape index (κ3) is 4.89. The van der Waals surface area contributed by atoms with Gasteiger partial charge in [0.05, 0.1) is 11.0 Å². The number of benzene rings is 7. The van der Waals surface area contributed by atoms with Gasteiger partial charge in [0.15, 0.2) is 23.1 Å². The Balaban J connectivity index is 1.21. The maximum Gasteiger partial charge on any atom is 0.164 e. The Labute approximate surface area is 309 Å². The van der Waals surface area contributed by atoms with Crippen LogP contribution < -0.4 is 0 Å². The molecule has 7 aromatic carbocycles. The fourth-order valence-corrected chi connectivity index (χ4v) is 7.74. The van der Waals surface area contributed by atoms with Crippen molar-refractivity contribution in [1.29, 1.82) is 0 Å². The summed E-state index contributed by atoms with van der Waals surface area (Å²) < 4.78 is 8.86. The highest BCUT2D eigenvalue weighted by Gasteiger charge is 2.20. The summed E-state index contributed by atoms with van der Waals surface area (Å²) in [4.78, 5) is 20.2. The summed E-state index contributed by atoms with van der Waals surface area (Å²) in [5, 5.41) is 5.65. The second kappa shape index (κ2) is 12.1. The van der Waals surface area contributed by atoms with Crippen molar-refractivity contribution in [3.05, 3.63) is 176 Å². The zero-order chi connectivity index (χ0) is 35.6. The summed E-state index contributed by atoms with van der Waals surface area (Å²) in [6.45, 7) is 0. The van der Waals surface area contributed by atoms with Gasteiger partial charge in [-0.25, -0.2) is 15.0 Å². The zero-order valence-corrected chi connectivity index (χ0v) is 28.9. The van der Waals surface area contributed by atoms with Gasteiger partial charge in [-0.1, -0.05) is 115 Å². The van der Waals surface area contributed by atoms with Crippen LogP contribution in [0.4, 0.5) is 0 Å². The Morgan fingerprint density at radius 3 is 1.81 bits per heavy atom. The number of para-hydroxylation sites is 3. The molecule has 11 aromatic rings. The maximum absolute atomic E-state index is 6.53. The first-order chi connectivity index (χ1) is 26.7. The smallest absolute Gasteiger partial charge is 0.164 e. The number of hydrogen-bond acceptors (Lipinski definition) is 5. The fourth-order valence-electron chi connectivity index (χ4n) is 7.74. The molecule has 6 heteroatoms. The quantitative estimate of drug-likeness (QED) is 0.180. The predicted molar refractivity (Wildman–Crippen MR) is 218 cm³/mol. The molecule has 0 radical (unpaired) electrons. The molecule has 252 valence electrons. The van der Waals surface area contributed by atoms with Crippen molar-refractivity contribution >= 4 is 54.6 Å². The molecule has 4 heterocycles. The average molecular weight is 692 g/mol. The number of nitrogens with zero attached hydrogens (tertiary/aromatic N) is 5. The summed E-state index contributed by atoms with van der Waals surface area (Å²) in [5.41, 5.74) is 10.2. The van der Waals surface area contributed by atoms with Crippen LogP contribution in [-0.4, -0.2) is 24.5 Å². The van der Waals surface area contributed by atoms with Crippen LogP contribution in [-0.2, 0) is 0 Å². The van der Waals surface area contributed by atoms with Crippen molar-refractivity contribution in [2.75, 3.05) is 0 Å². The monoisotopic (exact) mass is 691 g/mol. The summed E-state index contributed by atoms with van der Waals surface area (Å²) in [7, 11) is 0. The van der Waals surface area contributed by atoms with E-state index in [0.717, 1.165) is 77.4 Å². The lowest BCUT2D eigenvalue weighted by atomic mass is 10.0. The van der Waals surface area contributed by atoms with Gasteiger partial charge in [-0.2, -0.15) is 0 Å². The number of fused-ring (bicyclic) bond motifs is 7. The molecule has 0 spiro atoms. The first-order valence-electron chi connectivity index (χ1n) is 18.0. The fraction of sp³-hybridized carbons (Fsp3) is 0. The van der Waals surface area contributed by atoms with Gasteiger partial charge < -0.3 is 8.98 Å². The number of hydrogen-bond donors (Lipinski definition) is 0. The summed E-state index contributed by atoms with van der Waals surface area (Å²) in [5.74, 6) is 1.79. The SMILES string of the molecule is c1ccc(-c2nc(-c3cc(-c4ccnc5c4oc4ccccc45)cc(-n4c5ccccc5c5ccccc54)c3)nc(-c3ccc4ccccc4c3)n2)cc1. The largest absolute Gasteiger partial charge is 0.454 e. The minimum Gasteiger partial charge on any atom is -0.454 e. The second-order valence-electron chi connectivity index (χ2n) is 13.5. The lowest BCUT2D eigenvalue weighted by Gasteiger charge is -2.14. The molecule has 0 fully saturated rings. The van der Waals surface area contributed by atoms with Crippen LogP contribution in [0.5, 0.6) is 0 Å². The van der Waals surface area contributed by atoms with Gasteiger partial charge in [0.2, 0.25) is 0 Å². The number of rotatable bonds is 5. The molecule has 4 aromatic heterocycles. The van der Waals surface area contributed by atoms with E-state index in [-0.39, 0.29) is 0 Å². The van der Waals surface area contributed by atoms with Crippen molar-refractivity contribution in [2.45, 2.75) is 0 Å². The molecular formula is C48H29N5O. The Hall–Kier alpha value is -7.44. The number of pyridine rings is 1. The molecule has 11 rings (SSSR count). The lowest BCUT2D eigenvalue weighted by molar-refractivity contribution is 0.669. The normalized spacial score (nSPS) is 11.7. The minimum absolute atomic E-state index is 0.575. The molecule has 0 amide bonds. The van der Waals surface area contributed by atoms with Crippen LogP contribution >= 0.6 is 0 Å². The number of furan rings is 1. The molecule has 0 saturated carbocycles. The van der Waals surface area contributed by atoms with Gasteiger partial charge in [-0.15, -0.1) is 0 Å². The summed E-state index contributed by atoms with van der Waals surface area (Å²) >= 11 is 0. The Kier molecular flexibility index (Phi) is 6.75. The van der Waals surface area contributed by atoms with Crippen molar-refractivity contribution in [3.8, 4) is 51.0 Å². The van der Waals surface area contributed by atoms with E-state index in [2.05, 4.69) is 120 Å². The summed E-state index contributed by atoms with van der Waals surface area (Å²) in [6, 6.07) is 58.6. The minimum atomic E-state index is 0.575. The molecule has 0 bridgehead atoms. The van der Waals surface area contributed by atoms with Crippen molar-refractivity contribution in [2.24, 2.45) is 0 Å². The molecule has 0 aliphatic heterocycles. The topological polar surface area (TPSA) is 69.6 Å². The first-order valence-corrected chi connectivity index (χ1v) is 18.0. The van der Waals surface area contributed by atoms with Gasteiger partial charge in [0.1, 0.15) is 11.1 Å². The van der Waals surface area contributed by atoms with E-state index in [1.165, 1.54) is 10.8 Å². The van der Waals surface area contributed by atoms with E-state index < -0.39 is 0 Å². The molecule has 0 N–H and O–H groups in total. The van der Waals surface area contributed by atoms with Crippen LogP contribution in [0.3, 0.4) is 0 Å². The van der Waals surface area contributed by atoms with Gasteiger partial charge >= 0.3 is 0 Å². The van der Waals surface area contributed by atoms with Gasteiger partial charge in [-0.05, 0) is 70.9 Å². The van der Waals surface area contributed by atoms with E-state index >= 15 is 0 Å². The maximum atomic E-state index is 6.53. The van der Waals surface area contributed by atoms with Gasteiger partial charge in [0.25, 0.3) is 0 Å². The molecule has 0 saturated heterocycles. The molecule has 54 heavy (non-hydrogen) atoms. The molecule has 6 nitrogen and oxygen atoms in total. The van der Waals surface area contributed by atoms with Crippen LogP contribution in [0, 0.1) is 0 Å². The Morgan fingerprint density at radius 2 is 1.04 bits per heavy atom. The van der Waals surface area contributed by atoms with Gasteiger partial charge in [0, 0.05) is 50.3 Å². The third-order valence-electron chi connectivity index (χ3n) is 10.3. The third-order valence-corrected chi connectivity index (χ3v) is 10.3. The van der Waals surface area contributed by atoms with E-state index in [4.69, 9.17) is 24.4 Å². The zero-order valence-electron chi connectivity index (χ0n) is 28.9. The number of aromatic nitrogens is 5. The highest BCUT2D eigenvalue weighted by molar-refractivity contribution is 6.10. The van der Waals surface area contributed by atoms with Crippen molar-refractivity contribution < 1.29 is 4.42 Å². The van der Waals surface area contributed by atoms with Gasteiger partial charge in [-0.3, -0.25) is 4.98 Å². The highest BCUT2D eigenvalue weighted by Crippen LogP contribution is 2.39. The van der Waals surface area contributed by atoms with E-state index in [0.29, 0.717) is 17.5 Å². The average Bonchev–Trinajstić information content (AvgIpc) is 3.80. The van der Waals surface area contributed by atoms with Crippen LogP contribution in [0.15, 0.2) is 180 Å². The molecule has 0 aliphatic carbocycles. The van der Waals surface area contributed by atoms with Crippen LogP contribution in [0.2, 0.25) is 0 Å². The van der Waals surface area contributed by atoms with E-state index in [1.807, 2.05) is 60.8 Å². The lowest BCUT2D eigenvalue weighted by Crippen LogP contribution is -2.02. The van der Waals surface area contributed by atoms with Crippen molar-refractivity contribution in [3.63, 3.8) is 0 Å². The molecular weight excluding hydrogens is 663 g/mol. The highest BCUT2D eigenvalue weighted by atomic mass is 16.3. The molecule has 0 aliphatic rings. The predicted octanol–water partition coefficient (Wildman–Crippen LogP) is 12.1.